The van der Waals surface area contributed by atoms with Gasteiger partial charge in [-0.15, -0.1) is 0 Å². The number of carboxylic acids is 1. The summed E-state index contributed by atoms with van der Waals surface area (Å²) in [5.41, 5.74) is 1.14. The largest absolute Gasteiger partial charge is 0.478 e. The zero-order valence-electron chi connectivity index (χ0n) is 9.84. The van der Waals surface area contributed by atoms with Crippen molar-refractivity contribution in [3.05, 3.63) is 59.1 Å². The molecule has 0 bridgehead atoms. The van der Waals surface area contributed by atoms with Crippen molar-refractivity contribution < 1.29 is 14.3 Å². The smallest absolute Gasteiger partial charge is 0.338 e. The number of aromatic carboxylic acids is 1. The highest BCUT2D eigenvalue weighted by atomic mass is 35.5. The van der Waals surface area contributed by atoms with Gasteiger partial charge in [-0.2, -0.15) is 0 Å². The van der Waals surface area contributed by atoms with Crippen LogP contribution in [0, 0.1) is 0 Å². The summed E-state index contributed by atoms with van der Waals surface area (Å²) >= 11 is 6.10. The summed E-state index contributed by atoms with van der Waals surface area (Å²) in [5, 5.41) is 10.5. The molecule has 0 spiro atoms. The number of halogens is 1. The number of fused-ring (bicyclic) bond motifs is 1. The van der Waals surface area contributed by atoms with Crippen LogP contribution in [0.15, 0.2) is 47.2 Å². The minimum atomic E-state index is -0.990. The number of rotatable bonds is 3. The predicted octanol–water partition coefficient (Wildman–Crippen LogP) is 3.63. The molecule has 3 aromatic rings. The average molecular weight is 276 g/mol. The molecular weight excluding hydrogens is 266 g/mol. The van der Waals surface area contributed by atoms with Gasteiger partial charge in [-0.3, -0.25) is 0 Å². The highest BCUT2D eigenvalue weighted by molar-refractivity contribution is 6.35. The van der Waals surface area contributed by atoms with Crippen LogP contribution in [-0.4, -0.2) is 15.6 Å². The van der Waals surface area contributed by atoms with Crippen LogP contribution in [0.5, 0.6) is 0 Å². The van der Waals surface area contributed by atoms with E-state index in [1.807, 2.05) is 35.0 Å². The summed E-state index contributed by atoms with van der Waals surface area (Å²) in [6, 6.07) is 9.13. The Morgan fingerprint density at radius 2 is 2.21 bits per heavy atom. The van der Waals surface area contributed by atoms with Crippen molar-refractivity contribution in [3.63, 3.8) is 0 Å². The van der Waals surface area contributed by atoms with Crippen molar-refractivity contribution in [2.24, 2.45) is 0 Å². The third-order valence-corrected chi connectivity index (χ3v) is 3.32. The lowest BCUT2D eigenvalue weighted by atomic mass is 10.2. The maximum absolute atomic E-state index is 10.8. The summed E-state index contributed by atoms with van der Waals surface area (Å²) in [4.78, 5) is 10.8. The van der Waals surface area contributed by atoms with Gasteiger partial charge < -0.3 is 14.1 Å². The van der Waals surface area contributed by atoms with Crippen molar-refractivity contribution in [2.45, 2.75) is 6.54 Å². The standard InChI is InChI=1S/C14H10ClNO3/c15-12-2-1-3-13-11(12)4-5-16(13)7-10-6-9(8-19-10)14(17)18/h1-6,8H,7H2,(H,17,18). The SMILES string of the molecule is O=C(O)c1coc(Cn2ccc3c(Cl)cccc32)c1. The summed E-state index contributed by atoms with van der Waals surface area (Å²) in [6.45, 7) is 0.469. The van der Waals surface area contributed by atoms with Gasteiger partial charge in [0, 0.05) is 22.1 Å². The number of carbonyl (C=O) groups is 1. The molecule has 1 N–H and O–H groups in total. The highest BCUT2D eigenvalue weighted by Crippen LogP contribution is 2.25. The number of furan rings is 1. The maximum Gasteiger partial charge on any atom is 0.338 e. The molecule has 19 heavy (non-hydrogen) atoms. The molecule has 5 heteroatoms. The number of hydrogen-bond donors (Lipinski definition) is 1. The van der Waals surface area contributed by atoms with Crippen molar-refractivity contribution in [3.8, 4) is 0 Å². The Labute approximate surface area is 113 Å². The molecule has 2 heterocycles. The fourth-order valence-electron chi connectivity index (χ4n) is 2.07. The van der Waals surface area contributed by atoms with Crippen molar-refractivity contribution in [1.82, 2.24) is 4.57 Å². The van der Waals surface area contributed by atoms with E-state index in [2.05, 4.69) is 0 Å². The molecule has 96 valence electrons. The van der Waals surface area contributed by atoms with Crippen molar-refractivity contribution in [1.29, 1.82) is 0 Å². The molecule has 0 saturated carbocycles. The molecule has 0 aliphatic carbocycles. The molecule has 0 radical (unpaired) electrons. The fraction of sp³-hybridized carbons (Fsp3) is 0.0714. The third-order valence-electron chi connectivity index (χ3n) is 2.99. The van der Waals surface area contributed by atoms with Gasteiger partial charge in [0.25, 0.3) is 0 Å². The normalized spacial score (nSPS) is 11.0. The van der Waals surface area contributed by atoms with Crippen LogP contribution in [-0.2, 0) is 6.54 Å². The monoisotopic (exact) mass is 275 g/mol. The van der Waals surface area contributed by atoms with E-state index >= 15 is 0 Å². The van der Waals surface area contributed by atoms with Crippen molar-refractivity contribution >= 4 is 28.5 Å². The Morgan fingerprint density at radius 1 is 1.37 bits per heavy atom. The molecule has 0 fully saturated rings. The Balaban J connectivity index is 1.96. The first-order valence-corrected chi connectivity index (χ1v) is 6.07. The molecule has 0 saturated heterocycles. The Morgan fingerprint density at radius 3 is 2.95 bits per heavy atom. The molecule has 0 aliphatic heterocycles. The fourth-order valence-corrected chi connectivity index (χ4v) is 2.30. The first-order chi connectivity index (χ1) is 9.15. The zero-order chi connectivity index (χ0) is 13.4. The number of benzene rings is 1. The van der Waals surface area contributed by atoms with Crippen LogP contribution in [0.25, 0.3) is 10.9 Å². The first kappa shape index (κ1) is 11.9. The molecular formula is C14H10ClNO3. The average Bonchev–Trinajstić information content (AvgIpc) is 2.98. The molecule has 0 unspecified atom stereocenters. The lowest BCUT2D eigenvalue weighted by molar-refractivity contribution is 0.0696. The molecule has 0 aliphatic rings. The number of nitrogens with zero attached hydrogens (tertiary/aromatic N) is 1. The van der Waals surface area contributed by atoms with E-state index in [9.17, 15) is 4.79 Å². The van der Waals surface area contributed by atoms with Crippen LogP contribution < -0.4 is 0 Å². The van der Waals surface area contributed by atoms with E-state index in [4.69, 9.17) is 21.1 Å². The van der Waals surface area contributed by atoms with Gasteiger partial charge in [-0.1, -0.05) is 17.7 Å². The van der Waals surface area contributed by atoms with Crippen molar-refractivity contribution in [2.75, 3.05) is 0 Å². The Hall–Kier alpha value is -2.20. The van der Waals surface area contributed by atoms with Gasteiger partial charge in [0.2, 0.25) is 0 Å². The Kier molecular flexibility index (Phi) is 2.80. The van der Waals surface area contributed by atoms with Gasteiger partial charge in [-0.25, -0.2) is 4.79 Å². The molecule has 4 nitrogen and oxygen atoms in total. The van der Waals surface area contributed by atoms with E-state index in [-0.39, 0.29) is 5.56 Å². The third kappa shape index (κ3) is 2.11. The molecule has 3 rings (SSSR count). The van der Waals surface area contributed by atoms with Crippen LogP contribution >= 0.6 is 11.6 Å². The van der Waals surface area contributed by atoms with Gasteiger partial charge in [0.05, 0.1) is 12.1 Å². The van der Waals surface area contributed by atoms with Crippen LogP contribution in [0.2, 0.25) is 5.02 Å². The summed E-state index contributed by atoms with van der Waals surface area (Å²) in [6.07, 6.45) is 3.15. The number of hydrogen-bond acceptors (Lipinski definition) is 2. The summed E-state index contributed by atoms with van der Waals surface area (Å²) in [7, 11) is 0. The summed E-state index contributed by atoms with van der Waals surface area (Å²) < 4.78 is 7.21. The minimum absolute atomic E-state index is 0.157. The van der Waals surface area contributed by atoms with Crippen LogP contribution in [0.3, 0.4) is 0 Å². The lowest BCUT2D eigenvalue weighted by Crippen LogP contribution is -1.97. The quantitative estimate of drug-likeness (QED) is 0.794. The zero-order valence-corrected chi connectivity index (χ0v) is 10.6. The molecule has 0 amide bonds. The molecule has 0 atom stereocenters. The van der Waals surface area contributed by atoms with Crippen LogP contribution in [0.1, 0.15) is 16.1 Å². The van der Waals surface area contributed by atoms with E-state index in [0.717, 1.165) is 10.9 Å². The van der Waals surface area contributed by atoms with E-state index in [1.165, 1.54) is 12.3 Å². The second-order valence-corrected chi connectivity index (χ2v) is 4.63. The van der Waals surface area contributed by atoms with E-state index in [0.29, 0.717) is 17.3 Å². The first-order valence-electron chi connectivity index (χ1n) is 5.69. The van der Waals surface area contributed by atoms with Gasteiger partial charge in [-0.05, 0) is 24.3 Å². The van der Waals surface area contributed by atoms with E-state index < -0.39 is 5.97 Å². The number of aromatic nitrogens is 1. The van der Waals surface area contributed by atoms with E-state index in [1.54, 1.807) is 0 Å². The summed E-state index contributed by atoms with van der Waals surface area (Å²) in [5.74, 6) is -0.398. The molecule has 2 aromatic heterocycles. The second-order valence-electron chi connectivity index (χ2n) is 4.22. The van der Waals surface area contributed by atoms with Gasteiger partial charge in [0.15, 0.2) is 0 Å². The lowest BCUT2D eigenvalue weighted by Gasteiger charge is -2.02. The Bertz CT molecular complexity index is 757. The topological polar surface area (TPSA) is 55.4 Å². The van der Waals surface area contributed by atoms with Gasteiger partial charge in [0.1, 0.15) is 12.0 Å². The number of carboxylic acid groups (broad SMARTS) is 1. The maximum atomic E-state index is 10.8. The molecule has 1 aromatic carbocycles. The van der Waals surface area contributed by atoms with Crippen LogP contribution in [0.4, 0.5) is 0 Å². The minimum Gasteiger partial charge on any atom is -0.478 e. The predicted molar refractivity (Wildman–Crippen MR) is 71.7 cm³/mol. The second kappa shape index (κ2) is 4.48. The van der Waals surface area contributed by atoms with Gasteiger partial charge >= 0.3 is 5.97 Å². The highest BCUT2D eigenvalue weighted by Gasteiger charge is 2.10.